The first-order chi connectivity index (χ1) is 11.0. The zero-order chi connectivity index (χ0) is 17.2. The van der Waals surface area contributed by atoms with Gasteiger partial charge in [-0.15, -0.1) is 0 Å². The van der Waals surface area contributed by atoms with Gasteiger partial charge in [-0.05, 0) is 5.57 Å². The number of nitrogens with one attached hydrogen (secondary N) is 1. The number of aliphatic hydroxyl groups excluding tert-OH is 1. The van der Waals surface area contributed by atoms with Crippen LogP contribution in [-0.4, -0.2) is 40.6 Å². The molecule has 1 aromatic heterocycles. The Morgan fingerprint density at radius 1 is 1.52 bits per heavy atom. The maximum absolute atomic E-state index is 12.2. The Bertz CT molecular complexity index is 671. The number of imidazole rings is 1. The average Bonchev–Trinajstić information content (AvgIpc) is 3.00. The van der Waals surface area contributed by atoms with Gasteiger partial charge in [0.25, 0.3) is 0 Å². The van der Waals surface area contributed by atoms with Crippen LogP contribution in [0.4, 0.5) is 4.39 Å². The van der Waals surface area contributed by atoms with Crippen molar-refractivity contribution >= 4 is 11.8 Å². The van der Waals surface area contributed by atoms with Crippen LogP contribution in [0.2, 0.25) is 0 Å². The molecule has 0 bridgehead atoms. The summed E-state index contributed by atoms with van der Waals surface area (Å²) in [5.74, 6) is -2.00. The van der Waals surface area contributed by atoms with E-state index in [1.807, 2.05) is 0 Å². The van der Waals surface area contributed by atoms with E-state index in [-0.39, 0.29) is 5.69 Å². The van der Waals surface area contributed by atoms with E-state index in [1.54, 1.807) is 18.2 Å². The molecule has 0 unspecified atom stereocenters. The molecule has 0 spiro atoms. The molecule has 23 heavy (non-hydrogen) atoms. The quantitative estimate of drug-likeness (QED) is 0.252. The number of nitrogens with zero attached hydrogens (tertiary/aromatic N) is 1. The van der Waals surface area contributed by atoms with Crippen LogP contribution in [0, 0.1) is 0 Å². The second-order valence-electron chi connectivity index (χ2n) is 4.33. The third kappa shape index (κ3) is 5.74. The number of carbonyl (C=O) groups excluding carboxylic acids is 2. The number of aromatic amines is 1. The van der Waals surface area contributed by atoms with E-state index in [4.69, 9.17) is 0 Å². The Balaban J connectivity index is 2.87. The molecule has 0 amide bonds. The molecule has 1 aromatic rings. The number of aromatic nitrogens is 2. The summed E-state index contributed by atoms with van der Waals surface area (Å²) in [6.07, 6.45) is 8.61. The van der Waals surface area contributed by atoms with Crippen molar-refractivity contribution in [2.45, 2.75) is 6.42 Å². The van der Waals surface area contributed by atoms with E-state index in [0.29, 0.717) is 12.2 Å². The third-order valence-corrected chi connectivity index (χ3v) is 2.67. The summed E-state index contributed by atoms with van der Waals surface area (Å²) in [7, 11) is 1.09. The highest BCUT2D eigenvalue weighted by atomic mass is 19.1. The molecular formula is C16H17FN2O4. The van der Waals surface area contributed by atoms with Gasteiger partial charge in [0, 0.05) is 18.7 Å². The predicted molar refractivity (Wildman–Crippen MR) is 82.7 cm³/mol. The maximum atomic E-state index is 12.2. The number of aliphatic hydroxyl groups is 1. The average molecular weight is 320 g/mol. The fraction of sp³-hybridized carbons (Fsp3) is 0.188. The smallest absolute Gasteiger partial charge is 0.373 e. The van der Waals surface area contributed by atoms with Gasteiger partial charge >= 0.3 is 5.97 Å². The lowest BCUT2D eigenvalue weighted by Crippen LogP contribution is -2.07. The zero-order valence-corrected chi connectivity index (χ0v) is 12.6. The summed E-state index contributed by atoms with van der Waals surface area (Å²) < 4.78 is 16.5. The molecule has 0 atom stereocenters. The van der Waals surface area contributed by atoms with Gasteiger partial charge in [-0.3, -0.25) is 4.79 Å². The fourth-order valence-corrected chi connectivity index (χ4v) is 1.65. The molecule has 0 aromatic carbocycles. The van der Waals surface area contributed by atoms with Crippen LogP contribution in [0.25, 0.3) is 0 Å². The fourth-order valence-electron chi connectivity index (χ4n) is 1.65. The van der Waals surface area contributed by atoms with Gasteiger partial charge in [-0.2, -0.15) is 0 Å². The van der Waals surface area contributed by atoms with E-state index in [2.05, 4.69) is 21.3 Å². The Kier molecular flexibility index (Phi) is 7.19. The number of hydrogen-bond acceptors (Lipinski definition) is 5. The first-order valence-electron chi connectivity index (χ1n) is 6.63. The largest absolute Gasteiger partial charge is 0.502 e. The van der Waals surface area contributed by atoms with Crippen molar-refractivity contribution in [1.29, 1.82) is 0 Å². The van der Waals surface area contributed by atoms with Gasteiger partial charge in [0.05, 0.1) is 7.11 Å². The number of alkyl halides is 1. The number of hydrogen-bond donors (Lipinski definition) is 2. The van der Waals surface area contributed by atoms with Crippen molar-refractivity contribution in [3.63, 3.8) is 0 Å². The molecule has 1 rings (SSSR count). The Labute approximate surface area is 132 Å². The zero-order valence-electron chi connectivity index (χ0n) is 12.6. The van der Waals surface area contributed by atoms with Crippen LogP contribution in [-0.2, 0) is 16.0 Å². The second-order valence-corrected chi connectivity index (χ2v) is 4.33. The number of rotatable bonds is 8. The van der Waals surface area contributed by atoms with Crippen molar-refractivity contribution in [3.05, 3.63) is 66.0 Å². The summed E-state index contributed by atoms with van der Waals surface area (Å²) in [5.41, 5.74) is 0.779. The minimum Gasteiger partial charge on any atom is -0.502 e. The van der Waals surface area contributed by atoms with Gasteiger partial charge in [-0.25, -0.2) is 14.2 Å². The lowest BCUT2D eigenvalue weighted by atomic mass is 10.1. The molecule has 122 valence electrons. The SMILES string of the molecule is C=C/C=C(\C=C/CF)Cc1nc(C(=O)/C=C(\O)C(=O)OC)c[nH]1. The van der Waals surface area contributed by atoms with E-state index in [9.17, 15) is 19.1 Å². The lowest BCUT2D eigenvalue weighted by molar-refractivity contribution is -0.139. The van der Waals surface area contributed by atoms with Gasteiger partial charge in [0.15, 0.2) is 0 Å². The molecule has 0 fully saturated rings. The summed E-state index contributed by atoms with van der Waals surface area (Å²) in [4.78, 5) is 29.7. The standard InChI is InChI=1S/C16H17FN2O4/c1-3-5-11(6-4-7-17)8-15-18-10-12(19-15)13(20)9-14(21)16(22)23-2/h3-6,9-10,21H,1,7-8H2,2H3,(H,18,19)/b6-4-,11-5+,14-9-. The number of ether oxygens (including phenoxy) is 1. The Morgan fingerprint density at radius 3 is 2.87 bits per heavy atom. The molecular weight excluding hydrogens is 303 g/mol. The second kappa shape index (κ2) is 9.14. The van der Waals surface area contributed by atoms with E-state index >= 15 is 0 Å². The van der Waals surface area contributed by atoms with Gasteiger partial charge in [0.2, 0.25) is 11.5 Å². The summed E-state index contributed by atoms with van der Waals surface area (Å²) >= 11 is 0. The van der Waals surface area contributed by atoms with Crippen LogP contribution in [0.3, 0.4) is 0 Å². The van der Waals surface area contributed by atoms with E-state index in [0.717, 1.165) is 18.8 Å². The number of allylic oxidation sites excluding steroid dienone is 6. The summed E-state index contributed by atoms with van der Waals surface area (Å²) in [6.45, 7) is 2.98. The molecule has 2 N–H and O–H groups in total. The molecule has 0 saturated carbocycles. The van der Waals surface area contributed by atoms with Crippen LogP contribution >= 0.6 is 0 Å². The van der Waals surface area contributed by atoms with Crippen molar-refractivity contribution in [3.8, 4) is 0 Å². The normalized spacial score (nSPS) is 12.4. The highest BCUT2D eigenvalue weighted by Gasteiger charge is 2.14. The topological polar surface area (TPSA) is 92.3 Å². The first-order valence-corrected chi connectivity index (χ1v) is 6.63. The van der Waals surface area contributed by atoms with Crippen LogP contribution < -0.4 is 0 Å². The maximum Gasteiger partial charge on any atom is 0.373 e. The number of halogens is 1. The Morgan fingerprint density at radius 2 is 2.26 bits per heavy atom. The van der Waals surface area contributed by atoms with Crippen LogP contribution in [0.15, 0.2) is 54.5 Å². The van der Waals surface area contributed by atoms with Crippen LogP contribution in [0.1, 0.15) is 16.3 Å². The number of methoxy groups -OCH3 is 1. The summed E-state index contributed by atoms with van der Waals surface area (Å²) in [6, 6.07) is 0. The minimum atomic E-state index is -1.01. The first kappa shape index (κ1) is 18.1. The molecule has 1 heterocycles. The van der Waals surface area contributed by atoms with Crippen molar-refractivity contribution in [2.75, 3.05) is 13.8 Å². The number of ketones is 1. The minimum absolute atomic E-state index is 0.0304. The highest BCUT2D eigenvalue weighted by Crippen LogP contribution is 2.09. The number of H-pyrrole nitrogens is 1. The Hall–Kier alpha value is -2.96. The van der Waals surface area contributed by atoms with Gasteiger partial charge < -0.3 is 14.8 Å². The number of carbonyl (C=O) groups is 2. The molecule has 0 aliphatic carbocycles. The van der Waals surface area contributed by atoms with Gasteiger partial charge in [-0.1, -0.05) is 30.9 Å². The third-order valence-electron chi connectivity index (χ3n) is 2.67. The molecule has 0 aliphatic rings. The molecule has 7 heteroatoms. The predicted octanol–water partition coefficient (Wildman–Crippen LogP) is 2.39. The lowest BCUT2D eigenvalue weighted by Gasteiger charge is -1.98. The van der Waals surface area contributed by atoms with Crippen molar-refractivity contribution in [1.82, 2.24) is 9.97 Å². The van der Waals surface area contributed by atoms with E-state index in [1.165, 1.54) is 12.3 Å². The monoisotopic (exact) mass is 320 g/mol. The molecule has 0 aliphatic heterocycles. The van der Waals surface area contributed by atoms with Crippen molar-refractivity contribution in [2.24, 2.45) is 0 Å². The molecule has 6 nitrogen and oxygen atoms in total. The van der Waals surface area contributed by atoms with Crippen molar-refractivity contribution < 1.29 is 23.8 Å². The van der Waals surface area contributed by atoms with E-state index < -0.39 is 24.2 Å². The van der Waals surface area contributed by atoms with Gasteiger partial charge in [0.1, 0.15) is 18.2 Å². The van der Waals surface area contributed by atoms with Crippen LogP contribution in [0.5, 0.6) is 0 Å². The summed E-state index contributed by atoms with van der Waals surface area (Å²) in [5, 5.41) is 9.33. The molecule has 0 radical (unpaired) electrons. The molecule has 0 saturated heterocycles. The number of esters is 1. The highest BCUT2D eigenvalue weighted by molar-refractivity contribution is 6.06.